The third kappa shape index (κ3) is 3.46. The molecule has 1 aromatic carbocycles. The van der Waals surface area contributed by atoms with Crippen molar-refractivity contribution in [1.82, 2.24) is 15.1 Å². The molecule has 8 nitrogen and oxygen atoms in total. The van der Waals surface area contributed by atoms with E-state index in [1.165, 1.54) is 23.1 Å². The molecule has 0 aliphatic carbocycles. The molecule has 1 radical (unpaired) electrons. The smallest absolute Gasteiger partial charge is 0.325 e. The minimum atomic E-state index is -0.905. The Balaban J connectivity index is 2.12. The van der Waals surface area contributed by atoms with E-state index in [1.807, 2.05) is 0 Å². The van der Waals surface area contributed by atoms with Gasteiger partial charge in [0.05, 0.1) is 11.4 Å². The number of imide groups is 1. The first-order valence-corrected chi connectivity index (χ1v) is 7.60. The number of likely N-dealkylation sites (N-methyl/N-ethyl adjacent to an activating group) is 1. The Bertz CT molecular complexity index is 694. The minimum Gasteiger partial charge on any atom is -0.504 e. The number of amides is 4. The molecule has 127 valence electrons. The molecular weight excluding hydrogens is 334 g/mol. The summed E-state index contributed by atoms with van der Waals surface area (Å²) in [5.74, 6) is -2.33. The van der Waals surface area contributed by atoms with Gasteiger partial charge in [0, 0.05) is 19.6 Å². The molecule has 1 aliphatic rings. The summed E-state index contributed by atoms with van der Waals surface area (Å²) in [6, 6.07) is 2.23. The van der Waals surface area contributed by atoms with E-state index < -0.39 is 23.9 Å². The molecule has 1 saturated heterocycles. The predicted molar refractivity (Wildman–Crippen MR) is 87.6 cm³/mol. The van der Waals surface area contributed by atoms with Crippen molar-refractivity contribution in [2.75, 3.05) is 19.6 Å². The molecule has 4 amide bonds. The van der Waals surface area contributed by atoms with Crippen LogP contribution < -0.4 is 5.32 Å². The molecule has 1 atom stereocenters. The Morgan fingerprint density at radius 2 is 2.00 bits per heavy atom. The summed E-state index contributed by atoms with van der Waals surface area (Å²) in [4.78, 5) is 38.3. The number of carbonyl (C=O) groups excluding carboxylic acids is 3. The van der Waals surface area contributed by atoms with Crippen molar-refractivity contribution in [3.05, 3.63) is 23.8 Å². The lowest BCUT2D eigenvalue weighted by atomic mass is 10.1. The van der Waals surface area contributed by atoms with Gasteiger partial charge in [-0.05, 0) is 24.6 Å². The van der Waals surface area contributed by atoms with Gasteiger partial charge in [-0.15, -0.1) is 0 Å². The molecule has 3 N–H and O–H groups in total. The summed E-state index contributed by atoms with van der Waals surface area (Å²) in [7, 11) is 0. The number of thiocarbonyl (C=S) groups is 1. The molecule has 1 fully saturated rings. The molecule has 2 rings (SSSR count). The number of aromatic hydroxyl groups is 2. The van der Waals surface area contributed by atoms with Crippen molar-refractivity contribution < 1.29 is 24.6 Å². The first-order chi connectivity index (χ1) is 11.4. The van der Waals surface area contributed by atoms with Gasteiger partial charge >= 0.3 is 17.8 Å². The zero-order valence-electron chi connectivity index (χ0n) is 12.9. The van der Waals surface area contributed by atoms with E-state index in [2.05, 4.69) is 10.7 Å². The van der Waals surface area contributed by atoms with Crippen LogP contribution in [0.1, 0.15) is 18.5 Å². The maximum atomic E-state index is 12.3. The average Bonchev–Trinajstić information content (AvgIpc) is 2.57. The Morgan fingerprint density at radius 3 is 2.58 bits per heavy atom. The largest absolute Gasteiger partial charge is 0.504 e. The number of piperazine rings is 1. The highest BCUT2D eigenvalue weighted by atomic mass is 32.1. The van der Waals surface area contributed by atoms with Crippen molar-refractivity contribution in [3.8, 4) is 11.5 Å². The average molecular weight is 350 g/mol. The third-order valence-electron chi connectivity index (χ3n) is 3.65. The summed E-state index contributed by atoms with van der Waals surface area (Å²) in [6.45, 7) is 2.48. The van der Waals surface area contributed by atoms with Gasteiger partial charge in [0.1, 0.15) is 0 Å². The van der Waals surface area contributed by atoms with Crippen LogP contribution in [0.15, 0.2) is 18.2 Å². The van der Waals surface area contributed by atoms with Gasteiger partial charge in [0.25, 0.3) is 0 Å². The quantitative estimate of drug-likeness (QED) is 0.412. The van der Waals surface area contributed by atoms with Gasteiger partial charge in [0.15, 0.2) is 11.5 Å². The fourth-order valence-corrected chi connectivity index (χ4v) is 2.47. The number of phenolic OH excluding ortho intramolecular Hbond substituents is 2. The molecule has 0 spiro atoms. The number of rotatable bonds is 4. The molecular formula is C15H16N3O5S. The second-order valence-electron chi connectivity index (χ2n) is 5.09. The highest BCUT2D eigenvalue weighted by Gasteiger charge is 2.36. The van der Waals surface area contributed by atoms with Crippen LogP contribution >= 0.6 is 12.2 Å². The lowest BCUT2D eigenvalue weighted by molar-refractivity contribution is -0.153. The maximum absolute atomic E-state index is 12.3. The molecule has 0 bridgehead atoms. The van der Waals surface area contributed by atoms with Crippen LogP contribution in [-0.2, 0) is 9.59 Å². The summed E-state index contributed by atoms with van der Waals surface area (Å²) < 4.78 is 0. The van der Waals surface area contributed by atoms with Crippen LogP contribution in [0.3, 0.4) is 0 Å². The molecule has 9 heteroatoms. The number of benzene rings is 1. The summed E-state index contributed by atoms with van der Waals surface area (Å²) >= 11 is 4.75. The molecule has 1 unspecified atom stereocenters. The molecule has 1 aliphatic heterocycles. The second-order valence-corrected chi connectivity index (χ2v) is 5.33. The zero-order valence-corrected chi connectivity index (χ0v) is 13.7. The van der Waals surface area contributed by atoms with E-state index in [-0.39, 0.29) is 24.6 Å². The fraction of sp³-hybridized carbons (Fsp3) is 0.333. The van der Waals surface area contributed by atoms with Crippen molar-refractivity contribution in [1.29, 1.82) is 0 Å². The number of nitrogens with one attached hydrogen (secondary N) is 1. The van der Waals surface area contributed by atoms with Crippen LogP contribution in [0, 0.1) is 0 Å². The Kier molecular flexibility index (Phi) is 5.35. The van der Waals surface area contributed by atoms with Gasteiger partial charge in [-0.2, -0.15) is 0 Å². The van der Waals surface area contributed by atoms with E-state index in [0.29, 0.717) is 12.1 Å². The number of nitrogens with zero attached hydrogens (tertiary/aromatic N) is 2. The highest BCUT2D eigenvalue weighted by Crippen LogP contribution is 2.27. The first-order valence-electron chi connectivity index (χ1n) is 7.19. The highest BCUT2D eigenvalue weighted by molar-refractivity contribution is 7.79. The van der Waals surface area contributed by atoms with Gasteiger partial charge in [-0.3, -0.25) is 14.5 Å². The van der Waals surface area contributed by atoms with Crippen LogP contribution in [0.5, 0.6) is 11.5 Å². The normalized spacial score (nSPS) is 16.0. The van der Waals surface area contributed by atoms with Gasteiger partial charge in [-0.1, -0.05) is 18.3 Å². The Labute approximate surface area is 143 Å². The molecule has 24 heavy (non-hydrogen) atoms. The molecule has 0 saturated carbocycles. The van der Waals surface area contributed by atoms with Crippen LogP contribution in [0.25, 0.3) is 0 Å². The van der Waals surface area contributed by atoms with E-state index in [0.717, 1.165) is 4.90 Å². The third-order valence-corrected chi connectivity index (χ3v) is 3.89. The number of urea groups is 1. The summed E-state index contributed by atoms with van der Waals surface area (Å²) in [6.07, 6.45) is 0. The van der Waals surface area contributed by atoms with E-state index in [1.54, 1.807) is 6.92 Å². The van der Waals surface area contributed by atoms with Gasteiger partial charge < -0.3 is 20.4 Å². The van der Waals surface area contributed by atoms with Gasteiger partial charge in [0.2, 0.25) is 0 Å². The lowest BCUT2D eigenvalue weighted by Crippen LogP contribution is -2.58. The van der Waals surface area contributed by atoms with E-state index >= 15 is 0 Å². The van der Waals surface area contributed by atoms with Crippen molar-refractivity contribution in [2.45, 2.75) is 13.0 Å². The number of phenols is 2. The summed E-state index contributed by atoms with van der Waals surface area (Å²) in [5.41, 5.74) is 0.375. The van der Waals surface area contributed by atoms with Crippen molar-refractivity contribution in [2.24, 2.45) is 0 Å². The van der Waals surface area contributed by atoms with Crippen LogP contribution in [0.4, 0.5) is 4.79 Å². The fourth-order valence-electron chi connectivity index (χ4n) is 2.27. The number of hydrogen-bond acceptors (Lipinski definition) is 6. The van der Waals surface area contributed by atoms with E-state index in [9.17, 15) is 24.6 Å². The number of hydrogen-bond donors (Lipinski definition) is 3. The number of carbonyl (C=O) groups is 3. The molecule has 1 heterocycles. The van der Waals surface area contributed by atoms with Gasteiger partial charge in [-0.25, -0.2) is 4.79 Å². The predicted octanol–water partition coefficient (Wildman–Crippen LogP) is 0.416. The Morgan fingerprint density at radius 1 is 1.29 bits per heavy atom. The minimum absolute atomic E-state index is 0.0786. The topological polar surface area (TPSA) is 110 Å². The monoisotopic (exact) mass is 350 g/mol. The summed E-state index contributed by atoms with van der Waals surface area (Å²) in [5, 5.41) is 23.7. The van der Waals surface area contributed by atoms with Crippen LogP contribution in [0.2, 0.25) is 0 Å². The lowest BCUT2D eigenvalue weighted by Gasteiger charge is -2.32. The van der Waals surface area contributed by atoms with Crippen molar-refractivity contribution in [3.63, 3.8) is 0 Å². The molecule has 1 aromatic rings. The van der Waals surface area contributed by atoms with E-state index in [4.69, 9.17) is 12.2 Å². The zero-order chi connectivity index (χ0) is 17.9. The SMILES string of the molecule is CCN1CCN(C(=O)NC([C]=S)c2ccc(O)c(O)c2)C(=O)C1=O. The second kappa shape index (κ2) is 7.26. The molecule has 0 aromatic heterocycles. The Hall–Kier alpha value is -2.68. The van der Waals surface area contributed by atoms with Crippen molar-refractivity contribution >= 4 is 35.4 Å². The maximum Gasteiger partial charge on any atom is 0.325 e. The first kappa shape index (κ1) is 17.7. The van der Waals surface area contributed by atoms with Crippen LogP contribution in [-0.4, -0.2) is 62.9 Å². The standard InChI is InChI=1S/C15H16N3O5S/c1-2-17-5-6-18(14(22)13(17)21)15(23)16-10(8-24)9-3-4-11(19)12(20)7-9/h3-4,7,10,19-20H,2,5-6H2,1H3,(H,16,23).